The fourth-order valence-electron chi connectivity index (χ4n) is 2.18. The van der Waals surface area contributed by atoms with Crippen molar-refractivity contribution >= 4 is 8.32 Å². The zero-order valence-corrected chi connectivity index (χ0v) is 14.4. The number of ether oxygens (including phenoxy) is 2. The summed E-state index contributed by atoms with van der Waals surface area (Å²) in [5, 5.41) is 9.65. The van der Waals surface area contributed by atoms with Gasteiger partial charge in [0.05, 0.1) is 25.4 Å². The second-order valence-electron chi connectivity index (χ2n) is 7.07. The summed E-state index contributed by atoms with van der Waals surface area (Å²) in [6, 6.07) is 0. The van der Waals surface area contributed by atoms with Crippen molar-refractivity contribution in [3.05, 3.63) is 0 Å². The van der Waals surface area contributed by atoms with Crippen LogP contribution in [0, 0.1) is 5.92 Å². The van der Waals surface area contributed by atoms with Gasteiger partial charge in [0.15, 0.2) is 8.32 Å². The van der Waals surface area contributed by atoms with E-state index in [2.05, 4.69) is 40.8 Å². The van der Waals surface area contributed by atoms with Gasteiger partial charge in [0, 0.05) is 13.0 Å². The van der Waals surface area contributed by atoms with E-state index in [4.69, 9.17) is 13.9 Å². The Kier molecular flexibility index (Phi) is 5.60. The van der Waals surface area contributed by atoms with Gasteiger partial charge in [-0.05, 0) is 18.1 Å². The van der Waals surface area contributed by atoms with E-state index >= 15 is 0 Å². The monoisotopic (exact) mass is 290 g/mol. The van der Waals surface area contributed by atoms with Crippen LogP contribution in [0.4, 0.5) is 0 Å². The summed E-state index contributed by atoms with van der Waals surface area (Å²) in [4.78, 5) is 0. The van der Waals surface area contributed by atoms with Crippen molar-refractivity contribution in [2.45, 2.75) is 64.1 Å². The van der Waals surface area contributed by atoms with Crippen LogP contribution in [0.2, 0.25) is 18.1 Å². The standard InChI is InChI=1S/C14H30O4Si/c1-10-9-17-11(8-15)13(12(10)16-5)18-19(6,7)14(2,3)4/h10-13,15H,8-9H2,1-7H3/t10-,11-,12-,13-/m0/s1. The quantitative estimate of drug-likeness (QED) is 0.808. The summed E-state index contributed by atoms with van der Waals surface area (Å²) >= 11 is 0. The first-order chi connectivity index (χ1) is 8.64. The Hall–Kier alpha value is 0.0569. The number of hydrogen-bond donors (Lipinski definition) is 1. The molecule has 1 saturated heterocycles. The molecular formula is C14H30O4Si. The molecule has 1 heterocycles. The van der Waals surface area contributed by atoms with Crippen molar-refractivity contribution in [1.82, 2.24) is 0 Å². The van der Waals surface area contributed by atoms with Gasteiger partial charge in [-0.3, -0.25) is 0 Å². The van der Waals surface area contributed by atoms with E-state index in [-0.39, 0.29) is 35.9 Å². The molecule has 0 bridgehead atoms. The van der Waals surface area contributed by atoms with Gasteiger partial charge in [0.25, 0.3) is 0 Å². The first kappa shape index (κ1) is 17.1. The second kappa shape index (κ2) is 6.22. The van der Waals surface area contributed by atoms with Crippen molar-refractivity contribution in [3.63, 3.8) is 0 Å². The maximum absolute atomic E-state index is 9.52. The Morgan fingerprint density at radius 1 is 1.26 bits per heavy atom. The van der Waals surface area contributed by atoms with Gasteiger partial charge in [-0.15, -0.1) is 0 Å². The van der Waals surface area contributed by atoms with E-state index in [1.54, 1.807) is 7.11 Å². The molecular weight excluding hydrogens is 260 g/mol. The summed E-state index contributed by atoms with van der Waals surface area (Å²) in [5.41, 5.74) is 0. The lowest BCUT2D eigenvalue weighted by Crippen LogP contribution is -2.58. The third kappa shape index (κ3) is 3.79. The van der Waals surface area contributed by atoms with Gasteiger partial charge >= 0.3 is 0 Å². The van der Waals surface area contributed by atoms with Crippen LogP contribution in [0.5, 0.6) is 0 Å². The van der Waals surface area contributed by atoms with Crippen LogP contribution >= 0.6 is 0 Å². The summed E-state index contributed by atoms with van der Waals surface area (Å²) in [6.07, 6.45) is -0.477. The highest BCUT2D eigenvalue weighted by Gasteiger charge is 2.46. The predicted molar refractivity (Wildman–Crippen MR) is 78.9 cm³/mol. The molecule has 1 fully saturated rings. The van der Waals surface area contributed by atoms with Crippen LogP contribution < -0.4 is 0 Å². The van der Waals surface area contributed by atoms with Crippen LogP contribution in [0.25, 0.3) is 0 Å². The number of hydrogen-bond acceptors (Lipinski definition) is 4. The Balaban J connectivity index is 2.91. The minimum absolute atomic E-state index is 0.0139. The van der Waals surface area contributed by atoms with Crippen molar-refractivity contribution in [2.24, 2.45) is 5.92 Å². The van der Waals surface area contributed by atoms with Crippen molar-refractivity contribution in [1.29, 1.82) is 0 Å². The summed E-state index contributed by atoms with van der Waals surface area (Å²) < 4.78 is 17.8. The summed E-state index contributed by atoms with van der Waals surface area (Å²) in [6.45, 7) is 13.8. The van der Waals surface area contributed by atoms with Gasteiger partial charge in [0.1, 0.15) is 6.10 Å². The summed E-state index contributed by atoms with van der Waals surface area (Å²) in [7, 11) is -0.198. The number of methoxy groups -OCH3 is 1. The van der Waals surface area contributed by atoms with E-state index in [0.717, 1.165) is 0 Å². The third-order valence-corrected chi connectivity index (χ3v) is 8.99. The van der Waals surface area contributed by atoms with Crippen LogP contribution in [-0.2, 0) is 13.9 Å². The molecule has 19 heavy (non-hydrogen) atoms. The van der Waals surface area contributed by atoms with E-state index < -0.39 is 8.32 Å². The van der Waals surface area contributed by atoms with Gasteiger partial charge in [-0.2, -0.15) is 0 Å². The molecule has 0 aliphatic carbocycles. The lowest BCUT2D eigenvalue weighted by molar-refractivity contribution is -0.174. The summed E-state index contributed by atoms with van der Waals surface area (Å²) in [5.74, 6) is 0.280. The molecule has 4 nitrogen and oxygen atoms in total. The Morgan fingerprint density at radius 2 is 1.84 bits per heavy atom. The van der Waals surface area contributed by atoms with Gasteiger partial charge in [-0.1, -0.05) is 27.7 Å². The molecule has 1 aliphatic rings. The lowest BCUT2D eigenvalue weighted by atomic mass is 9.94. The largest absolute Gasteiger partial charge is 0.409 e. The fourth-order valence-corrected chi connectivity index (χ4v) is 3.50. The van der Waals surface area contributed by atoms with E-state index in [9.17, 15) is 5.11 Å². The Morgan fingerprint density at radius 3 is 2.26 bits per heavy atom. The maximum Gasteiger partial charge on any atom is 0.192 e. The van der Waals surface area contributed by atoms with Gasteiger partial charge in [-0.25, -0.2) is 0 Å². The normalized spacial score (nSPS) is 33.5. The topological polar surface area (TPSA) is 47.9 Å². The van der Waals surface area contributed by atoms with Crippen LogP contribution in [0.15, 0.2) is 0 Å². The first-order valence-corrected chi connectivity index (χ1v) is 9.98. The molecule has 0 amide bonds. The molecule has 0 unspecified atom stereocenters. The number of rotatable bonds is 4. The minimum atomic E-state index is -1.91. The number of aliphatic hydroxyl groups excluding tert-OH is 1. The van der Waals surface area contributed by atoms with Gasteiger partial charge in [0.2, 0.25) is 0 Å². The third-order valence-electron chi connectivity index (χ3n) is 4.51. The van der Waals surface area contributed by atoms with Crippen LogP contribution in [0.3, 0.4) is 0 Å². The zero-order valence-electron chi connectivity index (χ0n) is 13.4. The molecule has 1 N–H and O–H groups in total. The fraction of sp³-hybridized carbons (Fsp3) is 1.00. The highest BCUT2D eigenvalue weighted by Crippen LogP contribution is 2.39. The van der Waals surface area contributed by atoms with E-state index in [1.165, 1.54) is 0 Å². The SMILES string of the molecule is CO[C@@H]1[C@@H](O[Si](C)(C)C(C)(C)C)[C@H](CO)OC[C@@H]1C. The maximum atomic E-state index is 9.52. The predicted octanol–water partition coefficient (Wildman–Crippen LogP) is 2.42. The lowest BCUT2D eigenvalue weighted by Gasteiger charge is -2.46. The molecule has 0 aromatic carbocycles. The van der Waals surface area contributed by atoms with Gasteiger partial charge < -0.3 is 19.0 Å². The molecule has 5 heteroatoms. The zero-order chi connectivity index (χ0) is 14.8. The highest BCUT2D eigenvalue weighted by atomic mass is 28.4. The highest BCUT2D eigenvalue weighted by molar-refractivity contribution is 6.74. The molecule has 1 aliphatic heterocycles. The molecule has 0 saturated carbocycles. The molecule has 114 valence electrons. The van der Waals surface area contributed by atoms with Crippen LogP contribution in [0.1, 0.15) is 27.7 Å². The minimum Gasteiger partial charge on any atom is -0.409 e. The molecule has 0 aromatic heterocycles. The molecule has 1 rings (SSSR count). The van der Waals surface area contributed by atoms with Crippen molar-refractivity contribution in [3.8, 4) is 0 Å². The van der Waals surface area contributed by atoms with E-state index in [0.29, 0.717) is 6.61 Å². The molecule has 4 atom stereocenters. The Labute approximate surface area is 118 Å². The van der Waals surface area contributed by atoms with E-state index in [1.807, 2.05) is 0 Å². The van der Waals surface area contributed by atoms with Crippen molar-refractivity contribution in [2.75, 3.05) is 20.3 Å². The second-order valence-corrected chi connectivity index (χ2v) is 11.8. The smallest absolute Gasteiger partial charge is 0.192 e. The van der Waals surface area contributed by atoms with Crippen LogP contribution in [-0.4, -0.2) is 52.1 Å². The molecule has 0 radical (unpaired) electrons. The Bertz CT molecular complexity index is 288. The first-order valence-electron chi connectivity index (χ1n) is 7.07. The average Bonchev–Trinajstić information content (AvgIpc) is 2.28. The molecule has 0 aromatic rings. The molecule has 0 spiro atoms. The van der Waals surface area contributed by atoms with Crippen molar-refractivity contribution < 1.29 is 19.0 Å². The average molecular weight is 290 g/mol. The number of aliphatic hydroxyl groups is 1.